The first kappa shape index (κ1) is 26.1. The summed E-state index contributed by atoms with van der Waals surface area (Å²) < 4.78 is 12.8. The summed E-state index contributed by atoms with van der Waals surface area (Å²) in [5.41, 5.74) is 4.96. The molecule has 0 unspecified atom stereocenters. The number of benzene rings is 3. The Morgan fingerprint density at radius 1 is 0.829 bits per heavy atom. The van der Waals surface area contributed by atoms with Crippen molar-refractivity contribution in [2.24, 2.45) is 0 Å². The Balaban J connectivity index is 1.25. The molecule has 8 nitrogen and oxygen atoms in total. The van der Waals surface area contributed by atoms with Crippen molar-refractivity contribution < 1.29 is 14.3 Å². The SMILES string of the molecule is COc1ccc(C=CC(=O)N2CCN(c3ncnc4c3c(-c3ccccc3)cn4-c3ccccc3)CC2)cc1OC. The molecule has 1 aliphatic rings. The second-order valence-corrected chi connectivity index (χ2v) is 9.77. The highest BCUT2D eigenvalue weighted by molar-refractivity contribution is 6.02. The second-order valence-electron chi connectivity index (χ2n) is 9.77. The van der Waals surface area contributed by atoms with E-state index < -0.39 is 0 Å². The van der Waals surface area contributed by atoms with Crippen molar-refractivity contribution in [3.05, 3.63) is 103 Å². The zero-order chi connectivity index (χ0) is 28.2. The van der Waals surface area contributed by atoms with E-state index in [2.05, 4.69) is 39.9 Å². The lowest BCUT2D eigenvalue weighted by Gasteiger charge is -2.35. The number of methoxy groups -OCH3 is 2. The minimum atomic E-state index is -0.0209. The highest BCUT2D eigenvalue weighted by atomic mass is 16.5. The fourth-order valence-electron chi connectivity index (χ4n) is 5.28. The fraction of sp³-hybridized carbons (Fsp3) is 0.182. The third-order valence-electron chi connectivity index (χ3n) is 7.40. The number of carbonyl (C=O) groups is 1. The predicted octanol–water partition coefficient (Wildman–Crippen LogP) is 5.47. The summed E-state index contributed by atoms with van der Waals surface area (Å²) in [5, 5.41) is 1.01. The number of aromatic nitrogens is 3. The molecule has 0 N–H and O–H groups in total. The van der Waals surface area contributed by atoms with E-state index in [1.165, 1.54) is 0 Å². The second kappa shape index (κ2) is 11.6. The van der Waals surface area contributed by atoms with Gasteiger partial charge in [-0.1, -0.05) is 54.6 Å². The molecule has 3 aromatic carbocycles. The van der Waals surface area contributed by atoms with Crippen LogP contribution in [0.15, 0.2) is 97.5 Å². The van der Waals surface area contributed by atoms with Gasteiger partial charge in [0, 0.05) is 49.7 Å². The molecule has 8 heteroatoms. The quantitative estimate of drug-likeness (QED) is 0.253. The maximum atomic E-state index is 13.0. The normalized spacial score (nSPS) is 13.6. The first-order valence-corrected chi connectivity index (χ1v) is 13.6. The number of para-hydroxylation sites is 1. The number of carbonyl (C=O) groups excluding carboxylic acids is 1. The van der Waals surface area contributed by atoms with E-state index in [4.69, 9.17) is 19.4 Å². The molecule has 0 radical (unpaired) electrons. The topological polar surface area (TPSA) is 72.7 Å². The number of piperazine rings is 1. The molecule has 0 bridgehead atoms. The number of anilines is 1. The average molecular weight is 546 g/mol. The lowest BCUT2D eigenvalue weighted by atomic mass is 10.1. The summed E-state index contributed by atoms with van der Waals surface area (Å²) in [5.74, 6) is 2.15. The molecular weight excluding hydrogens is 514 g/mol. The van der Waals surface area contributed by atoms with Gasteiger partial charge in [-0.15, -0.1) is 0 Å². The smallest absolute Gasteiger partial charge is 0.246 e. The molecule has 1 aliphatic heterocycles. The van der Waals surface area contributed by atoms with Gasteiger partial charge in [-0.25, -0.2) is 9.97 Å². The molecule has 5 aromatic rings. The Kier molecular flexibility index (Phi) is 7.36. The van der Waals surface area contributed by atoms with Crippen LogP contribution in [-0.2, 0) is 4.79 Å². The van der Waals surface area contributed by atoms with Gasteiger partial charge in [-0.2, -0.15) is 0 Å². The third-order valence-corrected chi connectivity index (χ3v) is 7.40. The zero-order valence-electron chi connectivity index (χ0n) is 23.1. The minimum absolute atomic E-state index is 0.0209. The standard InChI is InChI=1S/C33H31N5O3/c1-40-28-15-13-24(21-29(28)41-2)14-16-30(39)36-17-19-37(20-18-36)32-31-27(25-9-5-3-6-10-25)22-38(33(31)35-23-34-32)26-11-7-4-8-12-26/h3-16,21-23H,17-20H2,1-2H3. The Labute approximate surface area is 239 Å². The van der Waals surface area contributed by atoms with Gasteiger partial charge in [0.25, 0.3) is 0 Å². The maximum absolute atomic E-state index is 13.0. The van der Waals surface area contributed by atoms with Gasteiger partial charge >= 0.3 is 0 Å². The summed E-state index contributed by atoms with van der Waals surface area (Å²) in [6, 6.07) is 26.2. The van der Waals surface area contributed by atoms with Crippen molar-refractivity contribution in [3.63, 3.8) is 0 Å². The van der Waals surface area contributed by atoms with Gasteiger partial charge < -0.3 is 23.8 Å². The van der Waals surface area contributed by atoms with E-state index in [1.807, 2.05) is 65.6 Å². The molecule has 6 rings (SSSR count). The Morgan fingerprint density at radius 2 is 1.54 bits per heavy atom. The van der Waals surface area contributed by atoms with Crippen molar-refractivity contribution in [1.82, 2.24) is 19.4 Å². The molecular formula is C33H31N5O3. The number of hydrogen-bond acceptors (Lipinski definition) is 6. The van der Waals surface area contributed by atoms with Crippen LogP contribution in [0.1, 0.15) is 5.56 Å². The van der Waals surface area contributed by atoms with Gasteiger partial charge in [-0.3, -0.25) is 4.79 Å². The van der Waals surface area contributed by atoms with Gasteiger partial charge in [0.1, 0.15) is 12.1 Å². The van der Waals surface area contributed by atoms with Crippen LogP contribution in [0.4, 0.5) is 5.82 Å². The predicted molar refractivity (Wildman–Crippen MR) is 162 cm³/mol. The van der Waals surface area contributed by atoms with Crippen molar-refractivity contribution in [3.8, 4) is 28.3 Å². The largest absolute Gasteiger partial charge is 0.493 e. The van der Waals surface area contributed by atoms with Crippen molar-refractivity contribution in [1.29, 1.82) is 0 Å². The summed E-state index contributed by atoms with van der Waals surface area (Å²) in [6.45, 7) is 2.54. The maximum Gasteiger partial charge on any atom is 0.246 e. The molecule has 3 heterocycles. The van der Waals surface area contributed by atoms with Crippen LogP contribution in [0.2, 0.25) is 0 Å². The van der Waals surface area contributed by atoms with E-state index >= 15 is 0 Å². The number of fused-ring (bicyclic) bond motifs is 1. The number of hydrogen-bond donors (Lipinski definition) is 0. The fourth-order valence-corrected chi connectivity index (χ4v) is 5.28. The number of ether oxygens (including phenoxy) is 2. The highest BCUT2D eigenvalue weighted by Gasteiger charge is 2.25. The van der Waals surface area contributed by atoms with Crippen LogP contribution in [0.3, 0.4) is 0 Å². The lowest BCUT2D eigenvalue weighted by molar-refractivity contribution is -0.126. The summed E-state index contributed by atoms with van der Waals surface area (Å²) in [7, 11) is 3.20. The monoisotopic (exact) mass is 545 g/mol. The van der Waals surface area contributed by atoms with Gasteiger partial charge in [0.15, 0.2) is 17.1 Å². The van der Waals surface area contributed by atoms with Crippen LogP contribution >= 0.6 is 0 Å². The van der Waals surface area contributed by atoms with Gasteiger partial charge in [-0.05, 0) is 41.5 Å². The van der Waals surface area contributed by atoms with Gasteiger partial charge in [0.2, 0.25) is 5.91 Å². The van der Waals surface area contributed by atoms with Gasteiger partial charge in [0.05, 0.1) is 19.6 Å². The summed E-state index contributed by atoms with van der Waals surface area (Å²) in [6.07, 6.45) is 7.21. The van der Waals surface area contributed by atoms with E-state index in [0.717, 1.165) is 39.2 Å². The Hall–Kier alpha value is -5.11. The van der Waals surface area contributed by atoms with Crippen LogP contribution < -0.4 is 14.4 Å². The molecule has 0 saturated carbocycles. The van der Waals surface area contributed by atoms with Crippen LogP contribution in [-0.4, -0.2) is 65.7 Å². The molecule has 1 fully saturated rings. The minimum Gasteiger partial charge on any atom is -0.493 e. The lowest BCUT2D eigenvalue weighted by Crippen LogP contribution is -2.48. The summed E-state index contributed by atoms with van der Waals surface area (Å²) in [4.78, 5) is 26.6. The third kappa shape index (κ3) is 5.24. The van der Waals surface area contributed by atoms with Crippen LogP contribution in [0, 0.1) is 0 Å². The molecule has 206 valence electrons. The van der Waals surface area contributed by atoms with E-state index in [9.17, 15) is 4.79 Å². The van der Waals surface area contributed by atoms with Crippen molar-refractivity contribution in [2.45, 2.75) is 0 Å². The van der Waals surface area contributed by atoms with Crippen LogP contribution in [0.25, 0.3) is 33.9 Å². The Morgan fingerprint density at radius 3 is 2.24 bits per heavy atom. The first-order chi connectivity index (χ1) is 20.2. The highest BCUT2D eigenvalue weighted by Crippen LogP contribution is 2.37. The molecule has 41 heavy (non-hydrogen) atoms. The molecule has 0 aliphatic carbocycles. The Bertz CT molecular complexity index is 1690. The van der Waals surface area contributed by atoms with E-state index in [1.54, 1.807) is 26.6 Å². The molecule has 1 amide bonds. The van der Waals surface area contributed by atoms with Crippen LogP contribution in [0.5, 0.6) is 11.5 Å². The number of nitrogens with zero attached hydrogens (tertiary/aromatic N) is 5. The van der Waals surface area contributed by atoms with E-state index in [-0.39, 0.29) is 5.91 Å². The molecule has 2 aromatic heterocycles. The average Bonchev–Trinajstić information content (AvgIpc) is 3.44. The zero-order valence-corrected chi connectivity index (χ0v) is 23.1. The van der Waals surface area contributed by atoms with Crippen molar-refractivity contribution >= 4 is 28.8 Å². The first-order valence-electron chi connectivity index (χ1n) is 13.6. The number of amides is 1. The van der Waals surface area contributed by atoms with E-state index in [0.29, 0.717) is 37.7 Å². The molecule has 0 atom stereocenters. The van der Waals surface area contributed by atoms with Crippen molar-refractivity contribution in [2.75, 3.05) is 45.3 Å². The molecule has 0 spiro atoms. The molecule has 1 saturated heterocycles. The summed E-state index contributed by atoms with van der Waals surface area (Å²) >= 11 is 0. The number of rotatable bonds is 7.